The van der Waals surface area contributed by atoms with Gasteiger partial charge >= 0.3 is 0 Å². The average molecular weight is 229 g/mol. The van der Waals surface area contributed by atoms with Gasteiger partial charge < -0.3 is 11.1 Å². The van der Waals surface area contributed by atoms with Crippen molar-refractivity contribution in [1.82, 2.24) is 15.0 Å². The van der Waals surface area contributed by atoms with E-state index in [1.807, 2.05) is 32.2 Å². The summed E-state index contributed by atoms with van der Waals surface area (Å²) in [6.45, 7) is 4.40. The predicted octanol–water partition coefficient (Wildman–Crippen LogP) is 1.68. The Kier molecular flexibility index (Phi) is 3.18. The molecule has 0 unspecified atom stereocenters. The second-order valence-corrected chi connectivity index (χ2v) is 3.84. The second-order valence-electron chi connectivity index (χ2n) is 3.84. The van der Waals surface area contributed by atoms with Crippen LogP contribution in [0.3, 0.4) is 0 Å². The number of pyridine rings is 1. The highest BCUT2D eigenvalue weighted by Gasteiger charge is 2.05. The SMILES string of the molecule is Cc1nc(N)c(C)c(NCc2cccnc2)n1. The highest BCUT2D eigenvalue weighted by Crippen LogP contribution is 2.17. The highest BCUT2D eigenvalue weighted by molar-refractivity contribution is 5.54. The zero-order valence-corrected chi connectivity index (χ0v) is 9.94. The number of hydrogen-bond donors (Lipinski definition) is 2. The first-order valence-electron chi connectivity index (χ1n) is 5.40. The monoisotopic (exact) mass is 229 g/mol. The molecule has 5 nitrogen and oxygen atoms in total. The minimum absolute atomic E-state index is 0.520. The van der Waals surface area contributed by atoms with E-state index >= 15 is 0 Å². The summed E-state index contributed by atoms with van der Waals surface area (Å²) in [6, 6.07) is 3.91. The fraction of sp³-hybridized carbons (Fsp3) is 0.250. The van der Waals surface area contributed by atoms with Gasteiger partial charge in [0.05, 0.1) is 0 Å². The van der Waals surface area contributed by atoms with E-state index in [2.05, 4.69) is 20.3 Å². The van der Waals surface area contributed by atoms with Crippen LogP contribution in [0.1, 0.15) is 17.0 Å². The molecule has 0 aliphatic heterocycles. The summed E-state index contributed by atoms with van der Waals surface area (Å²) in [4.78, 5) is 12.5. The van der Waals surface area contributed by atoms with Crippen molar-refractivity contribution in [3.63, 3.8) is 0 Å². The Hall–Kier alpha value is -2.17. The minimum Gasteiger partial charge on any atom is -0.383 e. The van der Waals surface area contributed by atoms with E-state index in [4.69, 9.17) is 5.73 Å². The summed E-state index contributed by atoms with van der Waals surface area (Å²) >= 11 is 0. The Balaban J connectivity index is 2.14. The zero-order chi connectivity index (χ0) is 12.3. The molecule has 17 heavy (non-hydrogen) atoms. The molecule has 2 rings (SSSR count). The number of anilines is 2. The van der Waals surface area contributed by atoms with Crippen LogP contribution < -0.4 is 11.1 Å². The molecule has 0 radical (unpaired) electrons. The van der Waals surface area contributed by atoms with Crippen LogP contribution in [0.2, 0.25) is 0 Å². The summed E-state index contributed by atoms with van der Waals surface area (Å²) in [5.41, 5.74) is 7.76. The molecule has 0 spiro atoms. The molecule has 2 aromatic heterocycles. The van der Waals surface area contributed by atoms with Gasteiger partial charge in [0.1, 0.15) is 17.5 Å². The fourth-order valence-corrected chi connectivity index (χ4v) is 1.51. The first-order chi connectivity index (χ1) is 8.16. The number of aromatic nitrogens is 3. The molecule has 5 heteroatoms. The van der Waals surface area contributed by atoms with E-state index in [1.165, 1.54) is 0 Å². The van der Waals surface area contributed by atoms with Crippen LogP contribution in [0.25, 0.3) is 0 Å². The number of hydrogen-bond acceptors (Lipinski definition) is 5. The molecule has 2 heterocycles. The van der Waals surface area contributed by atoms with Crippen molar-refractivity contribution in [3.05, 3.63) is 41.5 Å². The maximum atomic E-state index is 5.79. The largest absolute Gasteiger partial charge is 0.383 e. The molecule has 0 saturated carbocycles. The first-order valence-corrected chi connectivity index (χ1v) is 5.40. The maximum Gasteiger partial charge on any atom is 0.135 e. The molecule has 0 aliphatic rings. The average Bonchev–Trinajstić information content (AvgIpc) is 2.33. The van der Waals surface area contributed by atoms with Crippen LogP contribution in [0.5, 0.6) is 0 Å². The van der Waals surface area contributed by atoms with Crippen molar-refractivity contribution in [1.29, 1.82) is 0 Å². The molecule has 88 valence electrons. The Morgan fingerprint density at radius 3 is 2.82 bits per heavy atom. The number of rotatable bonds is 3. The van der Waals surface area contributed by atoms with Gasteiger partial charge in [0.25, 0.3) is 0 Å². The van der Waals surface area contributed by atoms with Gasteiger partial charge in [0.2, 0.25) is 0 Å². The van der Waals surface area contributed by atoms with Crippen LogP contribution in [-0.4, -0.2) is 15.0 Å². The third-order valence-corrected chi connectivity index (χ3v) is 2.48. The molecule has 0 aliphatic carbocycles. The molecule has 0 saturated heterocycles. The van der Waals surface area contributed by atoms with E-state index in [-0.39, 0.29) is 0 Å². The molecule has 0 fully saturated rings. The molecular formula is C12H15N5. The van der Waals surface area contributed by atoms with Gasteiger partial charge in [-0.05, 0) is 25.5 Å². The maximum absolute atomic E-state index is 5.79. The van der Waals surface area contributed by atoms with Gasteiger partial charge in [0.15, 0.2) is 0 Å². The van der Waals surface area contributed by atoms with Crippen LogP contribution in [0.4, 0.5) is 11.6 Å². The lowest BCUT2D eigenvalue weighted by molar-refractivity contribution is 1.01. The minimum atomic E-state index is 0.520. The summed E-state index contributed by atoms with van der Waals surface area (Å²) in [5, 5.41) is 3.24. The van der Waals surface area contributed by atoms with E-state index < -0.39 is 0 Å². The molecule has 3 N–H and O–H groups in total. The van der Waals surface area contributed by atoms with Gasteiger partial charge in [-0.15, -0.1) is 0 Å². The van der Waals surface area contributed by atoms with E-state index in [0.29, 0.717) is 18.2 Å². The van der Waals surface area contributed by atoms with E-state index in [0.717, 1.165) is 16.9 Å². The third kappa shape index (κ3) is 2.69. The molecule has 2 aromatic rings. The zero-order valence-electron chi connectivity index (χ0n) is 9.94. The highest BCUT2D eigenvalue weighted by atomic mass is 15.1. The van der Waals surface area contributed by atoms with Gasteiger partial charge in [-0.3, -0.25) is 4.98 Å². The molecule has 0 atom stereocenters. The Morgan fingerprint density at radius 1 is 1.29 bits per heavy atom. The lowest BCUT2D eigenvalue weighted by atomic mass is 10.2. The third-order valence-electron chi connectivity index (χ3n) is 2.48. The van der Waals surface area contributed by atoms with Gasteiger partial charge in [-0.25, -0.2) is 9.97 Å². The number of nitrogen functional groups attached to an aromatic ring is 1. The molecule has 0 aromatic carbocycles. The summed E-state index contributed by atoms with van der Waals surface area (Å²) in [6.07, 6.45) is 3.57. The quantitative estimate of drug-likeness (QED) is 0.837. The smallest absolute Gasteiger partial charge is 0.135 e. The first kappa shape index (κ1) is 11.3. The van der Waals surface area contributed by atoms with Gasteiger partial charge in [0, 0.05) is 24.5 Å². The molecular weight excluding hydrogens is 214 g/mol. The van der Waals surface area contributed by atoms with Gasteiger partial charge in [-0.2, -0.15) is 0 Å². The number of nitrogens with two attached hydrogens (primary N) is 1. The van der Waals surface area contributed by atoms with E-state index in [1.54, 1.807) is 6.20 Å². The predicted molar refractivity (Wildman–Crippen MR) is 67.5 cm³/mol. The molecule has 0 amide bonds. The molecule has 0 bridgehead atoms. The van der Waals surface area contributed by atoms with Crippen molar-refractivity contribution in [2.75, 3.05) is 11.1 Å². The van der Waals surface area contributed by atoms with Gasteiger partial charge in [-0.1, -0.05) is 6.07 Å². The normalized spacial score (nSPS) is 10.2. The number of nitrogens with zero attached hydrogens (tertiary/aromatic N) is 3. The van der Waals surface area contributed by atoms with Crippen LogP contribution in [-0.2, 0) is 6.54 Å². The number of nitrogens with one attached hydrogen (secondary N) is 1. The summed E-state index contributed by atoms with van der Waals surface area (Å²) < 4.78 is 0. The van der Waals surface area contributed by atoms with Crippen molar-refractivity contribution in [3.8, 4) is 0 Å². The standard InChI is InChI=1S/C12H15N5/c1-8-11(13)16-9(2)17-12(8)15-7-10-4-3-5-14-6-10/h3-6H,7H2,1-2H3,(H3,13,15,16,17). The Bertz CT molecular complexity index is 510. The summed E-state index contributed by atoms with van der Waals surface area (Å²) in [5.74, 6) is 1.96. The van der Waals surface area contributed by atoms with Crippen molar-refractivity contribution in [2.45, 2.75) is 20.4 Å². The topological polar surface area (TPSA) is 76.7 Å². The van der Waals surface area contributed by atoms with Crippen molar-refractivity contribution >= 4 is 11.6 Å². The fourth-order valence-electron chi connectivity index (χ4n) is 1.51. The Morgan fingerprint density at radius 2 is 2.12 bits per heavy atom. The van der Waals surface area contributed by atoms with E-state index in [9.17, 15) is 0 Å². The van der Waals surface area contributed by atoms with Crippen LogP contribution in [0, 0.1) is 13.8 Å². The Labute approximate surface area is 100 Å². The lowest BCUT2D eigenvalue weighted by Crippen LogP contribution is -2.08. The van der Waals surface area contributed by atoms with Crippen LogP contribution in [0.15, 0.2) is 24.5 Å². The van der Waals surface area contributed by atoms with Crippen molar-refractivity contribution in [2.24, 2.45) is 0 Å². The second kappa shape index (κ2) is 4.78. The van der Waals surface area contributed by atoms with Crippen molar-refractivity contribution < 1.29 is 0 Å². The lowest BCUT2D eigenvalue weighted by Gasteiger charge is -2.10. The number of aryl methyl sites for hydroxylation is 1. The van der Waals surface area contributed by atoms with Crippen LogP contribution >= 0.6 is 0 Å². The summed E-state index contributed by atoms with van der Waals surface area (Å²) in [7, 11) is 0.